The predicted molar refractivity (Wildman–Crippen MR) is 121 cm³/mol. The van der Waals surface area contributed by atoms with Crippen LogP contribution in [0.2, 0.25) is 10.0 Å². The van der Waals surface area contributed by atoms with Gasteiger partial charge in [-0.05, 0) is 15.9 Å². The first-order valence-corrected chi connectivity index (χ1v) is 12.2. The first-order valence-electron chi connectivity index (χ1n) is 7.88. The average Bonchev–Trinajstić information content (AvgIpc) is 3.10. The molecule has 9 nitrogen and oxygen atoms in total. The Labute approximate surface area is 193 Å². The van der Waals surface area contributed by atoms with Crippen LogP contribution >= 0.6 is 50.5 Å². The summed E-state index contributed by atoms with van der Waals surface area (Å²) in [6, 6.07) is 0. The van der Waals surface area contributed by atoms with Crippen molar-refractivity contribution in [2.24, 2.45) is 0 Å². The molecule has 0 aliphatic heterocycles. The van der Waals surface area contributed by atoms with Gasteiger partial charge in [0.15, 0.2) is 17.3 Å². The predicted octanol–water partition coefficient (Wildman–Crippen LogP) is 4.40. The quantitative estimate of drug-likeness (QED) is 0.462. The molecule has 0 radical (unpaired) electrons. The van der Waals surface area contributed by atoms with E-state index in [1.165, 1.54) is 19.6 Å². The molecule has 0 fully saturated rings. The third-order valence-corrected chi connectivity index (χ3v) is 6.75. The smallest absolute Gasteiger partial charge is 0.258 e. The summed E-state index contributed by atoms with van der Waals surface area (Å²) in [4.78, 5) is 21.0. The number of hydrogen-bond acceptors (Lipinski definition) is 8. The van der Waals surface area contributed by atoms with Crippen molar-refractivity contribution in [1.29, 1.82) is 0 Å². The van der Waals surface area contributed by atoms with Crippen molar-refractivity contribution in [3.8, 4) is 11.5 Å². The molecule has 0 unspecified atom stereocenters. The molecule has 2 aromatic heterocycles. The number of carbonyl (C=O) groups excluding carboxylic acids is 1. The molecule has 0 aliphatic rings. The number of nitrogens with zero attached hydrogens (tertiary/aromatic N) is 2. The number of halogens is 3. The summed E-state index contributed by atoms with van der Waals surface area (Å²) in [5.74, 6) is -0.0363. The fourth-order valence-corrected chi connectivity index (χ4v) is 5.67. The van der Waals surface area contributed by atoms with Crippen molar-refractivity contribution >= 4 is 88.1 Å². The SMILES string of the molecule is COc1c(Cl)c(NC(=O)c2csc3c(NS(C)(=O)=O)ncnc23)c(Cl)c(OC)c1Br. The highest BCUT2D eigenvalue weighted by molar-refractivity contribution is 9.10. The molecule has 14 heteroatoms. The number of fused-ring (bicyclic) bond motifs is 1. The van der Waals surface area contributed by atoms with Crippen LogP contribution < -0.4 is 19.5 Å². The van der Waals surface area contributed by atoms with Crippen LogP contribution in [-0.2, 0) is 10.0 Å². The molecular weight excluding hydrogens is 543 g/mol. The van der Waals surface area contributed by atoms with Gasteiger partial charge >= 0.3 is 0 Å². The van der Waals surface area contributed by atoms with Gasteiger partial charge in [0.25, 0.3) is 5.91 Å². The molecule has 160 valence electrons. The van der Waals surface area contributed by atoms with Crippen molar-refractivity contribution in [2.75, 3.05) is 30.5 Å². The number of sulfonamides is 1. The number of hydrogen-bond donors (Lipinski definition) is 2. The molecule has 0 bridgehead atoms. The maximum atomic E-state index is 13.0. The Morgan fingerprint density at radius 1 is 1.17 bits per heavy atom. The van der Waals surface area contributed by atoms with Crippen LogP contribution in [0, 0.1) is 0 Å². The van der Waals surface area contributed by atoms with Crippen molar-refractivity contribution in [3.05, 3.63) is 31.8 Å². The number of amides is 1. The zero-order valence-electron chi connectivity index (χ0n) is 15.5. The molecule has 1 amide bonds. The number of ether oxygens (including phenoxy) is 2. The summed E-state index contributed by atoms with van der Waals surface area (Å²) in [5.41, 5.74) is 0.534. The van der Waals surface area contributed by atoms with Crippen LogP contribution in [0.25, 0.3) is 10.2 Å². The van der Waals surface area contributed by atoms with E-state index in [-0.39, 0.29) is 44.1 Å². The number of thiophene rings is 1. The van der Waals surface area contributed by atoms with Crippen LogP contribution in [0.4, 0.5) is 11.5 Å². The lowest BCUT2D eigenvalue weighted by molar-refractivity contribution is 0.102. The topological polar surface area (TPSA) is 120 Å². The normalized spacial score (nSPS) is 11.4. The number of aromatic nitrogens is 2. The van der Waals surface area contributed by atoms with E-state index in [4.69, 9.17) is 32.7 Å². The molecular formula is C16H13BrCl2N4O5S2. The van der Waals surface area contributed by atoms with Gasteiger partial charge in [-0.2, -0.15) is 0 Å². The molecule has 1 aromatic carbocycles. The van der Waals surface area contributed by atoms with E-state index in [0.717, 1.165) is 23.9 Å². The summed E-state index contributed by atoms with van der Waals surface area (Å²) < 4.78 is 36.7. The maximum absolute atomic E-state index is 13.0. The van der Waals surface area contributed by atoms with Crippen LogP contribution in [0.1, 0.15) is 10.4 Å². The number of methoxy groups -OCH3 is 2. The first kappa shape index (κ1) is 22.8. The van der Waals surface area contributed by atoms with Gasteiger partial charge in [0.1, 0.15) is 20.8 Å². The van der Waals surface area contributed by atoms with E-state index in [0.29, 0.717) is 9.17 Å². The second-order valence-corrected chi connectivity index (χ2v) is 9.94. The third-order valence-electron chi connectivity index (χ3n) is 3.76. The number of carbonyl (C=O) groups is 1. The minimum atomic E-state index is -3.56. The van der Waals surface area contributed by atoms with Crippen molar-refractivity contribution in [3.63, 3.8) is 0 Å². The minimum absolute atomic E-state index is 0.0668. The van der Waals surface area contributed by atoms with Gasteiger partial charge in [-0.1, -0.05) is 23.2 Å². The second-order valence-electron chi connectivity index (χ2n) is 5.76. The standard InChI is InChI=1S/C16H13BrCl2N4O5S2/c1-27-12-7(17)13(28-2)9(19)11(8(12)18)22-16(24)6-4-29-14-10(6)20-5-21-15(14)23-30(3,25)26/h4-5H,1-3H3,(H,22,24)(H,20,21,23). The molecule has 3 aromatic rings. The van der Waals surface area contributed by atoms with Gasteiger partial charge in [-0.3, -0.25) is 9.52 Å². The van der Waals surface area contributed by atoms with Gasteiger partial charge < -0.3 is 14.8 Å². The molecule has 0 saturated carbocycles. The van der Waals surface area contributed by atoms with Gasteiger partial charge in [0.2, 0.25) is 10.0 Å². The lowest BCUT2D eigenvalue weighted by Crippen LogP contribution is -2.14. The zero-order valence-corrected chi connectivity index (χ0v) is 20.3. The Kier molecular flexibility index (Phi) is 6.63. The van der Waals surface area contributed by atoms with E-state index >= 15 is 0 Å². The first-order chi connectivity index (χ1) is 14.1. The highest BCUT2D eigenvalue weighted by Crippen LogP contribution is 2.50. The summed E-state index contributed by atoms with van der Waals surface area (Å²) in [5, 5.41) is 4.30. The molecule has 3 rings (SSSR count). The highest BCUT2D eigenvalue weighted by atomic mass is 79.9. The largest absolute Gasteiger partial charge is 0.494 e. The van der Waals surface area contributed by atoms with E-state index < -0.39 is 15.9 Å². The Balaban J connectivity index is 2.06. The number of rotatable bonds is 6. The zero-order chi connectivity index (χ0) is 22.2. The van der Waals surface area contributed by atoms with Crippen molar-refractivity contribution < 1.29 is 22.7 Å². The Hall–Kier alpha value is -1.86. The average molecular weight is 556 g/mol. The van der Waals surface area contributed by atoms with Crippen LogP contribution in [-0.4, -0.2) is 44.8 Å². The van der Waals surface area contributed by atoms with Gasteiger partial charge in [-0.25, -0.2) is 18.4 Å². The molecule has 2 N–H and O–H groups in total. The number of nitrogens with one attached hydrogen (secondary N) is 2. The fraction of sp³-hybridized carbons (Fsp3) is 0.188. The van der Waals surface area contributed by atoms with Crippen molar-refractivity contribution in [2.45, 2.75) is 0 Å². The lowest BCUT2D eigenvalue weighted by Gasteiger charge is -2.17. The van der Waals surface area contributed by atoms with E-state index in [1.807, 2.05) is 0 Å². The minimum Gasteiger partial charge on any atom is -0.494 e. The lowest BCUT2D eigenvalue weighted by atomic mass is 10.2. The third kappa shape index (κ3) is 4.28. The van der Waals surface area contributed by atoms with E-state index in [2.05, 4.69) is 35.9 Å². The second kappa shape index (κ2) is 8.71. The molecule has 0 spiro atoms. The molecule has 0 saturated heterocycles. The van der Waals surface area contributed by atoms with Gasteiger partial charge in [-0.15, -0.1) is 11.3 Å². The molecule has 0 aliphatic carbocycles. The number of anilines is 2. The molecule has 0 atom stereocenters. The summed E-state index contributed by atoms with van der Waals surface area (Å²) in [6.07, 6.45) is 2.16. The number of benzene rings is 1. The van der Waals surface area contributed by atoms with Crippen LogP contribution in [0.3, 0.4) is 0 Å². The fourth-order valence-electron chi connectivity index (χ4n) is 2.53. The molecule has 30 heavy (non-hydrogen) atoms. The highest BCUT2D eigenvalue weighted by Gasteiger charge is 2.25. The summed E-state index contributed by atoms with van der Waals surface area (Å²) in [7, 11) is -0.746. The Morgan fingerprint density at radius 3 is 2.30 bits per heavy atom. The maximum Gasteiger partial charge on any atom is 0.258 e. The van der Waals surface area contributed by atoms with Crippen LogP contribution in [0.5, 0.6) is 11.5 Å². The van der Waals surface area contributed by atoms with Gasteiger partial charge in [0, 0.05) is 5.38 Å². The summed E-state index contributed by atoms with van der Waals surface area (Å²) >= 11 is 17.1. The van der Waals surface area contributed by atoms with E-state index in [1.54, 1.807) is 0 Å². The monoisotopic (exact) mass is 554 g/mol. The molecule has 2 heterocycles. The van der Waals surface area contributed by atoms with Crippen molar-refractivity contribution in [1.82, 2.24) is 9.97 Å². The van der Waals surface area contributed by atoms with Gasteiger partial charge in [0.05, 0.1) is 41.9 Å². The van der Waals surface area contributed by atoms with Crippen LogP contribution in [0.15, 0.2) is 16.2 Å². The Bertz CT molecular complexity index is 1240. The summed E-state index contributed by atoms with van der Waals surface area (Å²) in [6.45, 7) is 0. The van der Waals surface area contributed by atoms with E-state index in [9.17, 15) is 13.2 Å². The Morgan fingerprint density at radius 2 is 1.77 bits per heavy atom.